The predicted octanol–water partition coefficient (Wildman–Crippen LogP) is 2.93. The van der Waals surface area contributed by atoms with Crippen molar-refractivity contribution in [2.45, 2.75) is 25.7 Å². The summed E-state index contributed by atoms with van der Waals surface area (Å²) in [6.45, 7) is 6.71. The largest absolute Gasteiger partial charge is 0.241 e. The average Bonchev–Trinajstić information content (AvgIpc) is 1.89. The van der Waals surface area contributed by atoms with Crippen LogP contribution in [-0.2, 0) is 0 Å². The lowest BCUT2D eigenvalue weighted by atomic mass is 10.1. The summed E-state index contributed by atoms with van der Waals surface area (Å²) < 4.78 is 0. The van der Waals surface area contributed by atoms with E-state index in [-0.39, 0.29) is 0 Å². The van der Waals surface area contributed by atoms with Crippen molar-refractivity contribution in [3.63, 3.8) is 0 Å². The molecule has 1 nitrogen and oxygen atoms in total. The highest BCUT2D eigenvalue weighted by Crippen LogP contribution is 2.27. The van der Waals surface area contributed by atoms with E-state index in [2.05, 4.69) is 4.85 Å². The van der Waals surface area contributed by atoms with Gasteiger partial charge in [-0.15, -0.1) is 11.6 Å². The molecule has 0 heterocycles. The Hall–Kier alpha value is -0.480. The van der Waals surface area contributed by atoms with Gasteiger partial charge in [0.1, 0.15) is 0 Å². The molecule has 0 saturated heterocycles. The van der Waals surface area contributed by atoms with Crippen molar-refractivity contribution in [3.8, 4) is 0 Å². The van der Waals surface area contributed by atoms with E-state index < -0.39 is 0 Å². The van der Waals surface area contributed by atoms with Gasteiger partial charge in [0.15, 0.2) is 5.70 Å². The van der Waals surface area contributed by atoms with E-state index in [9.17, 15) is 0 Å². The van der Waals surface area contributed by atoms with Crippen molar-refractivity contribution < 1.29 is 0 Å². The number of nitrogens with zero attached hydrogens (tertiary/aromatic N) is 1. The summed E-state index contributed by atoms with van der Waals surface area (Å²) in [5.41, 5.74) is 0.780. The minimum atomic E-state index is 0.780. The fraction of sp³-hybridized carbons (Fsp3) is 0.571. The zero-order valence-corrected chi connectivity index (χ0v) is 5.91. The van der Waals surface area contributed by atoms with Crippen molar-refractivity contribution in [2.24, 2.45) is 0 Å². The Morgan fingerprint density at radius 3 is 2.44 bits per heavy atom. The highest BCUT2D eigenvalue weighted by molar-refractivity contribution is 6.30. The van der Waals surface area contributed by atoms with E-state index in [1.165, 1.54) is 0 Å². The molecule has 48 valence electrons. The van der Waals surface area contributed by atoms with Crippen LogP contribution in [0.5, 0.6) is 0 Å². The first-order chi connectivity index (χ1) is 4.34. The van der Waals surface area contributed by atoms with Crippen LogP contribution in [0.1, 0.15) is 25.7 Å². The zero-order chi connectivity index (χ0) is 6.69. The number of hydrogen-bond donors (Lipinski definition) is 0. The molecule has 0 saturated carbocycles. The molecule has 0 aromatic heterocycles. The van der Waals surface area contributed by atoms with Crippen LogP contribution in [0.4, 0.5) is 0 Å². The van der Waals surface area contributed by atoms with Gasteiger partial charge >= 0.3 is 0 Å². The summed E-state index contributed by atoms with van der Waals surface area (Å²) >= 11 is 5.75. The summed E-state index contributed by atoms with van der Waals surface area (Å²) in [5, 5.41) is 0.788. The van der Waals surface area contributed by atoms with Crippen LogP contribution in [0.25, 0.3) is 4.85 Å². The smallest absolute Gasteiger partial charge is 0.179 e. The van der Waals surface area contributed by atoms with E-state index in [1.807, 2.05) is 0 Å². The molecule has 1 aliphatic rings. The van der Waals surface area contributed by atoms with E-state index in [0.29, 0.717) is 0 Å². The van der Waals surface area contributed by atoms with Gasteiger partial charge in [-0.1, -0.05) is 12.8 Å². The molecule has 0 amide bonds. The lowest BCUT2D eigenvalue weighted by Crippen LogP contribution is -1.90. The van der Waals surface area contributed by atoms with Crippen LogP contribution >= 0.6 is 11.6 Å². The maximum atomic E-state index is 6.71. The van der Waals surface area contributed by atoms with Crippen LogP contribution in [0.2, 0.25) is 0 Å². The minimum absolute atomic E-state index is 0.780. The minimum Gasteiger partial charge on any atom is -0.241 e. The molecule has 0 atom stereocenters. The third-order valence-electron chi connectivity index (χ3n) is 1.51. The van der Waals surface area contributed by atoms with Crippen molar-refractivity contribution >= 4 is 11.6 Å². The third kappa shape index (κ3) is 1.46. The average molecular weight is 142 g/mol. The molecule has 0 aliphatic heterocycles. The highest BCUT2D eigenvalue weighted by Gasteiger charge is 2.09. The Morgan fingerprint density at radius 2 is 2.00 bits per heavy atom. The molecule has 0 spiro atoms. The number of allylic oxidation sites excluding steroid dienone is 2. The van der Waals surface area contributed by atoms with Crippen molar-refractivity contribution in [2.75, 3.05) is 0 Å². The molecule has 2 heteroatoms. The van der Waals surface area contributed by atoms with E-state index in [4.69, 9.17) is 18.2 Å². The first-order valence-electron chi connectivity index (χ1n) is 3.09. The standard InChI is InChI=1S/C7H8ClN/c1-9-7-5-3-2-4-6(7)8/h2-5H2. The van der Waals surface area contributed by atoms with Crippen LogP contribution in [0.3, 0.4) is 0 Å². The topological polar surface area (TPSA) is 4.36 Å². The normalized spacial score (nSPS) is 19.6. The molecule has 0 aromatic carbocycles. The molecule has 1 rings (SSSR count). The van der Waals surface area contributed by atoms with E-state index in [0.717, 1.165) is 36.4 Å². The van der Waals surface area contributed by atoms with Crippen molar-refractivity contribution in [1.29, 1.82) is 0 Å². The molecule has 0 unspecified atom stereocenters. The lowest BCUT2D eigenvalue weighted by molar-refractivity contribution is 0.702. The summed E-state index contributed by atoms with van der Waals surface area (Å²) in [5.74, 6) is 0. The highest BCUT2D eigenvalue weighted by atomic mass is 35.5. The maximum absolute atomic E-state index is 6.71. The molecular formula is C7H8ClN. The summed E-state index contributed by atoms with van der Waals surface area (Å²) in [4.78, 5) is 3.33. The Bertz CT molecular complexity index is 176. The Morgan fingerprint density at radius 1 is 1.33 bits per heavy atom. The summed E-state index contributed by atoms with van der Waals surface area (Å²) in [7, 11) is 0. The summed E-state index contributed by atoms with van der Waals surface area (Å²) in [6.07, 6.45) is 4.09. The SMILES string of the molecule is [C-]#[N+]C1=C(Cl)CCCC1. The quantitative estimate of drug-likeness (QED) is 0.457. The van der Waals surface area contributed by atoms with Crippen molar-refractivity contribution in [1.82, 2.24) is 0 Å². The Kier molecular flexibility index (Phi) is 2.13. The zero-order valence-electron chi connectivity index (χ0n) is 5.15. The molecular weight excluding hydrogens is 134 g/mol. The molecule has 1 aliphatic carbocycles. The lowest BCUT2D eigenvalue weighted by Gasteiger charge is -2.08. The maximum Gasteiger partial charge on any atom is 0.179 e. The van der Waals surface area contributed by atoms with Gasteiger partial charge in [-0.25, -0.2) is 4.85 Å². The monoisotopic (exact) mass is 141 g/mol. The first-order valence-corrected chi connectivity index (χ1v) is 3.47. The fourth-order valence-electron chi connectivity index (χ4n) is 0.969. The van der Waals surface area contributed by atoms with Gasteiger partial charge in [0, 0.05) is 5.03 Å². The summed E-state index contributed by atoms with van der Waals surface area (Å²) in [6, 6.07) is 0. The van der Waals surface area contributed by atoms with Crippen LogP contribution in [0, 0.1) is 6.57 Å². The van der Waals surface area contributed by atoms with Gasteiger partial charge in [-0.2, -0.15) is 0 Å². The second-order valence-corrected chi connectivity index (χ2v) is 2.63. The molecule has 0 bridgehead atoms. The number of rotatable bonds is 0. The second-order valence-electron chi connectivity index (χ2n) is 2.17. The predicted molar refractivity (Wildman–Crippen MR) is 37.9 cm³/mol. The Balaban J connectivity index is 2.74. The van der Waals surface area contributed by atoms with Gasteiger partial charge in [0.2, 0.25) is 0 Å². The van der Waals surface area contributed by atoms with E-state index in [1.54, 1.807) is 0 Å². The molecule has 0 fully saturated rings. The Labute approximate surface area is 60.1 Å². The molecule has 0 N–H and O–H groups in total. The van der Waals surface area contributed by atoms with Crippen LogP contribution in [0.15, 0.2) is 10.7 Å². The molecule has 0 aromatic rings. The fourth-order valence-corrected chi connectivity index (χ4v) is 1.24. The van der Waals surface area contributed by atoms with Gasteiger partial charge in [-0.3, -0.25) is 0 Å². The van der Waals surface area contributed by atoms with Crippen molar-refractivity contribution in [3.05, 3.63) is 22.1 Å². The van der Waals surface area contributed by atoms with E-state index >= 15 is 0 Å². The third-order valence-corrected chi connectivity index (χ3v) is 1.92. The number of halogens is 1. The van der Waals surface area contributed by atoms with Gasteiger partial charge in [0.25, 0.3) is 0 Å². The van der Waals surface area contributed by atoms with Crippen LogP contribution in [-0.4, -0.2) is 0 Å². The first kappa shape index (κ1) is 6.64. The van der Waals surface area contributed by atoms with Gasteiger partial charge in [-0.05, 0) is 12.8 Å². The van der Waals surface area contributed by atoms with Gasteiger partial charge < -0.3 is 0 Å². The molecule has 9 heavy (non-hydrogen) atoms. The second kappa shape index (κ2) is 2.89. The molecule has 0 radical (unpaired) electrons. The van der Waals surface area contributed by atoms with Crippen LogP contribution < -0.4 is 0 Å². The number of hydrogen-bond acceptors (Lipinski definition) is 0. The van der Waals surface area contributed by atoms with Gasteiger partial charge in [0.05, 0.1) is 6.57 Å².